The second kappa shape index (κ2) is 7.01. The summed E-state index contributed by atoms with van der Waals surface area (Å²) in [6.07, 6.45) is 2.03. The molecule has 0 unspecified atom stereocenters. The van der Waals surface area contributed by atoms with E-state index in [-0.39, 0.29) is 24.1 Å². The van der Waals surface area contributed by atoms with Crippen molar-refractivity contribution in [3.05, 3.63) is 17.7 Å². The molecule has 1 aromatic heterocycles. The van der Waals surface area contributed by atoms with Crippen LogP contribution in [0.25, 0.3) is 0 Å². The Hall–Kier alpha value is -1.73. The van der Waals surface area contributed by atoms with Crippen molar-refractivity contribution in [2.45, 2.75) is 26.2 Å². The summed E-state index contributed by atoms with van der Waals surface area (Å²) in [6.45, 7) is 4.41. The number of carbonyl (C=O) groups is 1. The fourth-order valence-corrected chi connectivity index (χ4v) is 1.53. The molecule has 0 aliphatic rings. The Labute approximate surface area is 112 Å². The number of anilines is 1. The maximum absolute atomic E-state index is 12.3. The standard InChI is InChI=1S/C12H21N5O2/c1-8(2)11-14-7-9(16-13)10(15-11)12(19)17(3)5-4-6-18/h7-8,16,18H,4-6,13H2,1-3H3. The second-order valence-corrected chi connectivity index (χ2v) is 4.59. The summed E-state index contributed by atoms with van der Waals surface area (Å²) in [7, 11) is 1.66. The van der Waals surface area contributed by atoms with E-state index in [4.69, 9.17) is 10.9 Å². The van der Waals surface area contributed by atoms with Gasteiger partial charge in [-0.25, -0.2) is 9.97 Å². The summed E-state index contributed by atoms with van der Waals surface area (Å²) in [5, 5.41) is 8.79. The molecule has 0 atom stereocenters. The Bertz CT molecular complexity index is 436. The monoisotopic (exact) mass is 267 g/mol. The van der Waals surface area contributed by atoms with Crippen molar-refractivity contribution in [1.82, 2.24) is 14.9 Å². The molecule has 7 nitrogen and oxygen atoms in total. The predicted octanol–water partition coefficient (Wildman–Crippen LogP) is 0.340. The Balaban J connectivity index is 3.02. The zero-order valence-electron chi connectivity index (χ0n) is 11.6. The first-order valence-electron chi connectivity index (χ1n) is 6.21. The number of hydrogen-bond donors (Lipinski definition) is 3. The third-order valence-electron chi connectivity index (χ3n) is 2.68. The van der Waals surface area contributed by atoms with Gasteiger partial charge in [0.15, 0.2) is 5.69 Å². The number of nitrogens with one attached hydrogen (secondary N) is 1. The van der Waals surface area contributed by atoms with E-state index in [1.807, 2.05) is 13.8 Å². The van der Waals surface area contributed by atoms with Gasteiger partial charge in [-0.2, -0.15) is 0 Å². The fraction of sp³-hybridized carbons (Fsp3) is 0.583. The van der Waals surface area contributed by atoms with E-state index in [1.54, 1.807) is 7.05 Å². The van der Waals surface area contributed by atoms with Gasteiger partial charge in [0.05, 0.1) is 11.9 Å². The van der Waals surface area contributed by atoms with E-state index in [0.717, 1.165) is 0 Å². The van der Waals surface area contributed by atoms with Crippen LogP contribution in [0.4, 0.5) is 5.69 Å². The molecule has 19 heavy (non-hydrogen) atoms. The van der Waals surface area contributed by atoms with Crippen LogP contribution in [0.2, 0.25) is 0 Å². The van der Waals surface area contributed by atoms with Gasteiger partial charge in [-0.05, 0) is 6.42 Å². The van der Waals surface area contributed by atoms with Gasteiger partial charge in [-0.15, -0.1) is 0 Å². The number of hydrazine groups is 1. The minimum atomic E-state index is -0.245. The van der Waals surface area contributed by atoms with Crippen molar-refractivity contribution in [2.24, 2.45) is 5.84 Å². The quantitative estimate of drug-likeness (QED) is 0.507. The third kappa shape index (κ3) is 3.87. The van der Waals surface area contributed by atoms with E-state index < -0.39 is 0 Å². The summed E-state index contributed by atoms with van der Waals surface area (Å²) < 4.78 is 0. The number of hydrogen-bond acceptors (Lipinski definition) is 6. The number of rotatable bonds is 6. The highest BCUT2D eigenvalue weighted by molar-refractivity contribution is 5.97. The lowest BCUT2D eigenvalue weighted by Crippen LogP contribution is -2.30. The first-order chi connectivity index (χ1) is 9.01. The highest BCUT2D eigenvalue weighted by Gasteiger charge is 2.19. The van der Waals surface area contributed by atoms with E-state index in [1.165, 1.54) is 11.1 Å². The number of nitrogens with zero attached hydrogens (tertiary/aromatic N) is 3. The van der Waals surface area contributed by atoms with Gasteiger partial charge < -0.3 is 15.4 Å². The molecule has 1 rings (SSSR count). The number of aliphatic hydroxyl groups is 1. The van der Waals surface area contributed by atoms with Crippen molar-refractivity contribution in [1.29, 1.82) is 0 Å². The maximum Gasteiger partial charge on any atom is 0.274 e. The highest BCUT2D eigenvalue weighted by Crippen LogP contribution is 2.16. The molecule has 0 aliphatic heterocycles. The van der Waals surface area contributed by atoms with Crippen LogP contribution in [0.3, 0.4) is 0 Å². The zero-order chi connectivity index (χ0) is 14.4. The second-order valence-electron chi connectivity index (χ2n) is 4.59. The van der Waals surface area contributed by atoms with Crippen LogP contribution in [-0.2, 0) is 0 Å². The smallest absolute Gasteiger partial charge is 0.274 e. The molecule has 0 spiro atoms. The summed E-state index contributed by atoms with van der Waals surface area (Å²) in [6, 6.07) is 0. The Morgan fingerprint density at radius 2 is 2.26 bits per heavy atom. The number of nitrogens with two attached hydrogens (primary N) is 1. The van der Waals surface area contributed by atoms with Crippen LogP contribution in [0, 0.1) is 0 Å². The van der Waals surface area contributed by atoms with E-state index in [9.17, 15) is 4.79 Å². The Morgan fingerprint density at radius 3 is 2.79 bits per heavy atom. The molecule has 4 N–H and O–H groups in total. The first-order valence-corrected chi connectivity index (χ1v) is 6.21. The summed E-state index contributed by atoms with van der Waals surface area (Å²) in [5.74, 6) is 5.85. The third-order valence-corrected chi connectivity index (χ3v) is 2.68. The molecule has 1 amide bonds. The highest BCUT2D eigenvalue weighted by atomic mass is 16.3. The number of aromatic nitrogens is 2. The topological polar surface area (TPSA) is 104 Å². The molecule has 0 saturated carbocycles. The molecule has 1 aromatic rings. The largest absolute Gasteiger partial charge is 0.396 e. The Morgan fingerprint density at radius 1 is 1.58 bits per heavy atom. The number of carbonyl (C=O) groups excluding carboxylic acids is 1. The van der Waals surface area contributed by atoms with Gasteiger partial charge in [0.2, 0.25) is 0 Å². The zero-order valence-corrected chi connectivity index (χ0v) is 11.6. The molecule has 7 heteroatoms. The van der Waals surface area contributed by atoms with E-state index >= 15 is 0 Å². The van der Waals surface area contributed by atoms with Gasteiger partial charge in [-0.1, -0.05) is 13.8 Å². The minimum absolute atomic E-state index is 0.0423. The maximum atomic E-state index is 12.3. The average Bonchev–Trinajstić information content (AvgIpc) is 2.42. The van der Waals surface area contributed by atoms with Crippen LogP contribution < -0.4 is 11.3 Å². The van der Waals surface area contributed by atoms with Crippen LogP contribution in [0.5, 0.6) is 0 Å². The molecular formula is C12H21N5O2. The van der Waals surface area contributed by atoms with Crippen molar-refractivity contribution in [3.63, 3.8) is 0 Å². The lowest BCUT2D eigenvalue weighted by molar-refractivity contribution is 0.0781. The molecule has 0 aliphatic carbocycles. The predicted molar refractivity (Wildman–Crippen MR) is 72.6 cm³/mol. The van der Waals surface area contributed by atoms with Crippen molar-refractivity contribution >= 4 is 11.6 Å². The van der Waals surface area contributed by atoms with Crippen molar-refractivity contribution < 1.29 is 9.90 Å². The summed E-state index contributed by atoms with van der Waals surface area (Å²) >= 11 is 0. The minimum Gasteiger partial charge on any atom is -0.396 e. The molecule has 0 aromatic carbocycles. The van der Waals surface area contributed by atoms with E-state index in [2.05, 4.69) is 15.4 Å². The van der Waals surface area contributed by atoms with Gasteiger partial charge in [-0.3, -0.25) is 10.6 Å². The first kappa shape index (κ1) is 15.3. The lowest BCUT2D eigenvalue weighted by atomic mass is 10.2. The molecule has 0 bridgehead atoms. The number of aliphatic hydroxyl groups excluding tert-OH is 1. The van der Waals surface area contributed by atoms with Gasteiger partial charge in [0.1, 0.15) is 5.82 Å². The van der Waals surface area contributed by atoms with Crippen molar-refractivity contribution in [2.75, 3.05) is 25.6 Å². The SMILES string of the molecule is CC(C)c1ncc(NN)c(C(=O)N(C)CCCO)n1. The van der Waals surface area contributed by atoms with Crippen LogP contribution in [-0.4, -0.2) is 46.1 Å². The molecule has 0 fully saturated rings. The molecule has 106 valence electrons. The molecule has 1 heterocycles. The number of nitrogen functional groups attached to an aromatic ring is 1. The molecule has 0 radical (unpaired) electrons. The fourth-order valence-electron chi connectivity index (χ4n) is 1.53. The van der Waals surface area contributed by atoms with Gasteiger partial charge in [0, 0.05) is 26.1 Å². The van der Waals surface area contributed by atoms with E-state index in [0.29, 0.717) is 24.5 Å². The summed E-state index contributed by atoms with van der Waals surface area (Å²) in [4.78, 5) is 22.2. The van der Waals surface area contributed by atoms with Gasteiger partial charge in [0.25, 0.3) is 5.91 Å². The van der Waals surface area contributed by atoms with Crippen LogP contribution in [0.15, 0.2) is 6.20 Å². The van der Waals surface area contributed by atoms with Crippen LogP contribution >= 0.6 is 0 Å². The molecule has 0 saturated heterocycles. The normalized spacial score (nSPS) is 10.6. The van der Waals surface area contributed by atoms with Crippen molar-refractivity contribution in [3.8, 4) is 0 Å². The van der Waals surface area contributed by atoms with Gasteiger partial charge >= 0.3 is 0 Å². The summed E-state index contributed by atoms with van der Waals surface area (Å²) in [5.41, 5.74) is 3.08. The number of amides is 1. The van der Waals surface area contributed by atoms with Crippen LogP contribution in [0.1, 0.15) is 42.5 Å². The Kier molecular flexibility index (Phi) is 5.65. The average molecular weight is 267 g/mol. The lowest BCUT2D eigenvalue weighted by Gasteiger charge is -2.18. The molecular weight excluding hydrogens is 246 g/mol.